The van der Waals surface area contributed by atoms with Gasteiger partial charge in [0.1, 0.15) is 5.75 Å². The number of hydrogen-bond donors (Lipinski definition) is 2. The van der Waals surface area contributed by atoms with Crippen LogP contribution >= 0.6 is 0 Å². The summed E-state index contributed by atoms with van der Waals surface area (Å²) in [6.45, 7) is 2.20. The van der Waals surface area contributed by atoms with Crippen LogP contribution in [0.1, 0.15) is 42.1 Å². The first-order chi connectivity index (χ1) is 11.1. The molecule has 0 atom stereocenters. The van der Waals surface area contributed by atoms with Crippen LogP contribution in [0.2, 0.25) is 0 Å². The van der Waals surface area contributed by atoms with E-state index in [1.54, 1.807) is 19.2 Å². The fourth-order valence-electron chi connectivity index (χ4n) is 2.43. The average molecular weight is 313 g/mol. The maximum Gasteiger partial charge on any atom is 0.335 e. The molecule has 0 aromatic heterocycles. The second-order valence-corrected chi connectivity index (χ2v) is 5.50. The molecule has 23 heavy (non-hydrogen) atoms. The third-order valence-electron chi connectivity index (χ3n) is 3.75. The highest BCUT2D eigenvalue weighted by Crippen LogP contribution is 2.29. The molecule has 0 fully saturated rings. The highest BCUT2D eigenvalue weighted by atomic mass is 16.5. The van der Waals surface area contributed by atoms with Crippen molar-refractivity contribution in [3.8, 4) is 5.75 Å². The Morgan fingerprint density at radius 2 is 1.87 bits per heavy atom. The zero-order chi connectivity index (χ0) is 16.7. The Morgan fingerprint density at radius 3 is 2.48 bits per heavy atom. The lowest BCUT2D eigenvalue weighted by atomic mass is 10.1. The van der Waals surface area contributed by atoms with E-state index in [0.717, 1.165) is 12.1 Å². The maximum atomic E-state index is 11.1. The third-order valence-corrected chi connectivity index (χ3v) is 3.75. The number of carboxylic acids is 1. The number of nitrogens with one attached hydrogen (secondary N) is 1. The quantitative estimate of drug-likeness (QED) is 0.683. The number of aromatic carboxylic acids is 1. The van der Waals surface area contributed by atoms with E-state index in [9.17, 15) is 4.79 Å². The van der Waals surface area contributed by atoms with Crippen LogP contribution in [0, 0.1) is 0 Å². The van der Waals surface area contributed by atoms with Gasteiger partial charge in [-0.05, 0) is 48.7 Å². The van der Waals surface area contributed by atoms with E-state index in [1.807, 2.05) is 12.1 Å². The molecule has 0 aliphatic carbocycles. The molecule has 0 aliphatic heterocycles. The molecule has 4 nitrogen and oxygen atoms in total. The van der Waals surface area contributed by atoms with E-state index >= 15 is 0 Å². The number of rotatable bonds is 8. The molecule has 122 valence electrons. The molecule has 0 saturated heterocycles. The number of ether oxygens (including phenoxy) is 1. The predicted molar refractivity (Wildman–Crippen MR) is 92.9 cm³/mol. The lowest BCUT2D eigenvalue weighted by Crippen LogP contribution is -2.00. The van der Waals surface area contributed by atoms with Crippen LogP contribution in [-0.2, 0) is 6.42 Å². The summed E-state index contributed by atoms with van der Waals surface area (Å²) >= 11 is 0. The van der Waals surface area contributed by atoms with Crippen molar-refractivity contribution in [2.45, 2.75) is 32.6 Å². The summed E-state index contributed by atoms with van der Waals surface area (Å²) < 4.78 is 5.29. The Labute approximate surface area is 137 Å². The zero-order valence-corrected chi connectivity index (χ0v) is 13.6. The van der Waals surface area contributed by atoms with Gasteiger partial charge in [0.05, 0.1) is 18.4 Å². The van der Waals surface area contributed by atoms with Crippen molar-refractivity contribution < 1.29 is 14.6 Å². The van der Waals surface area contributed by atoms with Crippen molar-refractivity contribution in [3.63, 3.8) is 0 Å². The van der Waals surface area contributed by atoms with Crippen molar-refractivity contribution in [2.24, 2.45) is 0 Å². The highest BCUT2D eigenvalue weighted by molar-refractivity contribution is 5.90. The van der Waals surface area contributed by atoms with Crippen LogP contribution < -0.4 is 10.1 Å². The van der Waals surface area contributed by atoms with Gasteiger partial charge in [-0.2, -0.15) is 0 Å². The summed E-state index contributed by atoms with van der Waals surface area (Å²) in [7, 11) is 1.57. The van der Waals surface area contributed by atoms with Crippen LogP contribution in [0.25, 0.3) is 0 Å². The molecule has 0 spiro atoms. The number of benzene rings is 2. The van der Waals surface area contributed by atoms with Gasteiger partial charge in [0.2, 0.25) is 0 Å². The van der Waals surface area contributed by atoms with E-state index < -0.39 is 5.97 Å². The Hall–Kier alpha value is -2.49. The first-order valence-corrected chi connectivity index (χ1v) is 7.91. The van der Waals surface area contributed by atoms with Crippen molar-refractivity contribution in [1.29, 1.82) is 0 Å². The Kier molecular flexibility index (Phi) is 6.03. The minimum atomic E-state index is -0.957. The van der Waals surface area contributed by atoms with E-state index in [4.69, 9.17) is 9.84 Å². The van der Waals surface area contributed by atoms with Crippen molar-refractivity contribution in [2.75, 3.05) is 12.4 Å². The molecule has 2 N–H and O–H groups in total. The summed E-state index contributed by atoms with van der Waals surface area (Å²) in [5.74, 6) is -0.344. The van der Waals surface area contributed by atoms with Crippen LogP contribution in [0.5, 0.6) is 5.75 Å². The summed E-state index contributed by atoms with van der Waals surface area (Å²) in [4.78, 5) is 11.1. The molecule has 0 aliphatic rings. The third kappa shape index (κ3) is 4.74. The standard InChI is InChI=1S/C19H23NO3/c1-3-4-5-6-14-7-10-16(11-8-14)20-17-13-15(19(21)22)9-12-18(17)23-2/h7-13,20H,3-6H2,1-2H3,(H,21,22). The summed E-state index contributed by atoms with van der Waals surface area (Å²) in [5, 5.41) is 12.3. The topological polar surface area (TPSA) is 58.6 Å². The monoisotopic (exact) mass is 313 g/mol. The lowest BCUT2D eigenvalue weighted by molar-refractivity contribution is 0.0697. The molecule has 2 rings (SSSR count). The number of carboxylic acid groups (broad SMARTS) is 1. The maximum absolute atomic E-state index is 11.1. The van der Waals surface area contributed by atoms with Crippen LogP contribution in [0.4, 0.5) is 11.4 Å². The molecule has 2 aromatic rings. The van der Waals surface area contributed by atoms with Gasteiger partial charge >= 0.3 is 5.97 Å². The van der Waals surface area contributed by atoms with Gasteiger partial charge in [0.15, 0.2) is 0 Å². The summed E-state index contributed by atoms with van der Waals surface area (Å²) in [5.41, 5.74) is 3.09. The molecule has 2 aromatic carbocycles. The fraction of sp³-hybridized carbons (Fsp3) is 0.316. The van der Waals surface area contributed by atoms with Crippen LogP contribution in [0.3, 0.4) is 0 Å². The number of methoxy groups -OCH3 is 1. The second kappa shape index (κ2) is 8.22. The van der Waals surface area contributed by atoms with Gasteiger partial charge in [0.25, 0.3) is 0 Å². The number of unbranched alkanes of at least 4 members (excludes halogenated alkanes) is 2. The van der Waals surface area contributed by atoms with Crippen molar-refractivity contribution in [1.82, 2.24) is 0 Å². The predicted octanol–water partition coefficient (Wildman–Crippen LogP) is 4.87. The van der Waals surface area contributed by atoms with Gasteiger partial charge < -0.3 is 15.2 Å². The van der Waals surface area contributed by atoms with Crippen LogP contribution in [-0.4, -0.2) is 18.2 Å². The smallest absolute Gasteiger partial charge is 0.335 e. The Bertz CT molecular complexity index is 650. The number of carbonyl (C=O) groups is 1. The van der Waals surface area contributed by atoms with Gasteiger partial charge in [-0.1, -0.05) is 31.9 Å². The molecule has 0 unspecified atom stereocenters. The first kappa shape index (κ1) is 16.9. The summed E-state index contributed by atoms with van der Waals surface area (Å²) in [6.07, 6.45) is 4.77. The van der Waals surface area contributed by atoms with E-state index in [2.05, 4.69) is 24.4 Å². The van der Waals surface area contributed by atoms with E-state index in [0.29, 0.717) is 11.4 Å². The number of hydrogen-bond acceptors (Lipinski definition) is 3. The number of anilines is 2. The minimum Gasteiger partial charge on any atom is -0.495 e. The Balaban J connectivity index is 2.12. The largest absolute Gasteiger partial charge is 0.495 e. The van der Waals surface area contributed by atoms with Crippen molar-refractivity contribution >= 4 is 17.3 Å². The molecule has 0 saturated carbocycles. The van der Waals surface area contributed by atoms with Gasteiger partial charge in [-0.15, -0.1) is 0 Å². The molecule has 0 amide bonds. The van der Waals surface area contributed by atoms with Crippen molar-refractivity contribution in [3.05, 3.63) is 53.6 Å². The van der Waals surface area contributed by atoms with Gasteiger partial charge in [0, 0.05) is 5.69 Å². The van der Waals surface area contributed by atoms with Crippen LogP contribution in [0.15, 0.2) is 42.5 Å². The zero-order valence-electron chi connectivity index (χ0n) is 13.6. The molecule has 0 heterocycles. The normalized spacial score (nSPS) is 10.3. The molecule has 4 heteroatoms. The second-order valence-electron chi connectivity index (χ2n) is 5.50. The fourth-order valence-corrected chi connectivity index (χ4v) is 2.43. The van der Waals surface area contributed by atoms with E-state index in [1.165, 1.54) is 30.9 Å². The van der Waals surface area contributed by atoms with Gasteiger partial charge in [-0.25, -0.2) is 4.79 Å². The molecular formula is C19H23NO3. The minimum absolute atomic E-state index is 0.226. The first-order valence-electron chi connectivity index (χ1n) is 7.91. The SMILES string of the molecule is CCCCCc1ccc(Nc2cc(C(=O)O)ccc2OC)cc1. The molecule has 0 bridgehead atoms. The molecule has 0 radical (unpaired) electrons. The molecular weight excluding hydrogens is 290 g/mol. The number of aryl methyl sites for hydroxylation is 1. The van der Waals surface area contributed by atoms with E-state index in [-0.39, 0.29) is 5.56 Å². The summed E-state index contributed by atoms with van der Waals surface area (Å²) in [6, 6.07) is 13.0. The van der Waals surface area contributed by atoms with Gasteiger partial charge in [-0.3, -0.25) is 0 Å². The Morgan fingerprint density at radius 1 is 1.13 bits per heavy atom. The lowest BCUT2D eigenvalue weighted by Gasteiger charge is -2.12. The average Bonchev–Trinajstić information content (AvgIpc) is 2.56. The highest BCUT2D eigenvalue weighted by Gasteiger charge is 2.09.